The number of amides is 1. The SMILES string of the molecule is Cl.O=C(NCCCS(=O)(=O)Cc1ccccc1)c1n[nH]c2c1CNCC2. The fraction of sp³-hybridized carbons (Fsp3) is 0.412. The van der Waals surface area contributed by atoms with Crippen LogP contribution in [-0.4, -0.2) is 43.4 Å². The molecule has 26 heavy (non-hydrogen) atoms. The van der Waals surface area contributed by atoms with Gasteiger partial charge in [0, 0.05) is 37.3 Å². The maximum Gasteiger partial charge on any atom is 0.272 e. The molecule has 2 aromatic rings. The van der Waals surface area contributed by atoms with E-state index in [0.29, 0.717) is 25.2 Å². The summed E-state index contributed by atoms with van der Waals surface area (Å²) in [6.45, 7) is 1.80. The average Bonchev–Trinajstić information content (AvgIpc) is 3.03. The number of rotatable bonds is 7. The number of nitrogens with one attached hydrogen (secondary N) is 3. The Labute approximate surface area is 159 Å². The van der Waals surface area contributed by atoms with Gasteiger partial charge in [-0.2, -0.15) is 5.10 Å². The standard InChI is InChI=1S/C17H22N4O3S.ClH/c22-17(16-14-11-18-9-7-15(14)20-21-16)19-8-4-10-25(23,24)12-13-5-2-1-3-6-13;/h1-3,5-6,18H,4,7-12H2,(H,19,22)(H,20,21);1H. The quantitative estimate of drug-likeness (QED) is 0.608. The van der Waals surface area contributed by atoms with Crippen molar-refractivity contribution in [1.82, 2.24) is 20.8 Å². The van der Waals surface area contributed by atoms with Crippen molar-refractivity contribution in [3.63, 3.8) is 0 Å². The van der Waals surface area contributed by atoms with Crippen LogP contribution in [0.1, 0.15) is 33.7 Å². The van der Waals surface area contributed by atoms with Gasteiger partial charge in [0.15, 0.2) is 15.5 Å². The van der Waals surface area contributed by atoms with Crippen LogP contribution in [0.5, 0.6) is 0 Å². The van der Waals surface area contributed by atoms with Gasteiger partial charge in [0.25, 0.3) is 5.91 Å². The van der Waals surface area contributed by atoms with Crippen molar-refractivity contribution in [2.75, 3.05) is 18.8 Å². The third-order valence-electron chi connectivity index (χ3n) is 4.17. The minimum Gasteiger partial charge on any atom is -0.351 e. The fourth-order valence-electron chi connectivity index (χ4n) is 2.89. The van der Waals surface area contributed by atoms with E-state index in [9.17, 15) is 13.2 Å². The molecule has 0 bridgehead atoms. The Morgan fingerprint density at radius 1 is 1.23 bits per heavy atom. The molecule has 0 atom stereocenters. The van der Waals surface area contributed by atoms with E-state index < -0.39 is 9.84 Å². The van der Waals surface area contributed by atoms with Crippen LogP contribution in [0.25, 0.3) is 0 Å². The van der Waals surface area contributed by atoms with Crippen molar-refractivity contribution in [3.05, 3.63) is 52.8 Å². The highest BCUT2D eigenvalue weighted by atomic mass is 35.5. The van der Waals surface area contributed by atoms with E-state index in [4.69, 9.17) is 0 Å². The second-order valence-electron chi connectivity index (χ2n) is 6.14. The molecule has 9 heteroatoms. The number of aromatic nitrogens is 2. The Morgan fingerprint density at radius 2 is 2.00 bits per heavy atom. The molecular weight excluding hydrogens is 376 g/mol. The summed E-state index contributed by atoms with van der Waals surface area (Å²) in [5.74, 6) is -0.190. The van der Waals surface area contributed by atoms with E-state index >= 15 is 0 Å². The first-order chi connectivity index (χ1) is 12.1. The van der Waals surface area contributed by atoms with Gasteiger partial charge in [0.05, 0.1) is 11.5 Å². The molecule has 3 rings (SSSR count). The van der Waals surface area contributed by atoms with Crippen LogP contribution in [0, 0.1) is 0 Å². The fourth-order valence-corrected chi connectivity index (χ4v) is 4.32. The van der Waals surface area contributed by atoms with Crippen LogP contribution < -0.4 is 10.6 Å². The second kappa shape index (κ2) is 9.16. The van der Waals surface area contributed by atoms with E-state index in [2.05, 4.69) is 20.8 Å². The molecule has 1 aliphatic heterocycles. The molecule has 1 aromatic heterocycles. The van der Waals surface area contributed by atoms with Crippen molar-refractivity contribution in [1.29, 1.82) is 0 Å². The van der Waals surface area contributed by atoms with E-state index in [-0.39, 0.29) is 29.8 Å². The van der Waals surface area contributed by atoms with Gasteiger partial charge in [0.1, 0.15) is 0 Å². The molecule has 1 aromatic carbocycles. The molecule has 2 heterocycles. The highest BCUT2D eigenvalue weighted by Gasteiger charge is 2.21. The summed E-state index contributed by atoms with van der Waals surface area (Å²) in [5, 5.41) is 13.0. The number of fused-ring (bicyclic) bond motifs is 1. The first kappa shape index (κ1) is 20.4. The number of hydrogen-bond acceptors (Lipinski definition) is 5. The number of hydrogen-bond donors (Lipinski definition) is 3. The third kappa shape index (κ3) is 5.30. The molecule has 142 valence electrons. The van der Waals surface area contributed by atoms with Gasteiger partial charge < -0.3 is 10.6 Å². The van der Waals surface area contributed by atoms with E-state index in [1.807, 2.05) is 18.2 Å². The van der Waals surface area contributed by atoms with Gasteiger partial charge in [-0.15, -0.1) is 12.4 Å². The number of nitrogens with zero attached hydrogens (tertiary/aromatic N) is 1. The first-order valence-corrected chi connectivity index (χ1v) is 10.2. The highest BCUT2D eigenvalue weighted by Crippen LogP contribution is 2.15. The molecule has 3 N–H and O–H groups in total. The van der Waals surface area contributed by atoms with Crippen molar-refractivity contribution >= 4 is 28.2 Å². The Balaban J connectivity index is 0.00000243. The number of halogens is 1. The molecule has 0 spiro atoms. The number of aromatic amines is 1. The van der Waals surface area contributed by atoms with Crippen LogP contribution in [-0.2, 0) is 28.6 Å². The largest absolute Gasteiger partial charge is 0.351 e. The molecule has 0 radical (unpaired) electrons. The molecular formula is C17H23ClN4O3S. The Hall–Kier alpha value is -1.90. The average molecular weight is 399 g/mol. The van der Waals surface area contributed by atoms with Crippen molar-refractivity contribution in [2.24, 2.45) is 0 Å². The van der Waals surface area contributed by atoms with Gasteiger partial charge in [0.2, 0.25) is 0 Å². The van der Waals surface area contributed by atoms with Crippen LogP contribution in [0.15, 0.2) is 30.3 Å². The number of H-pyrrole nitrogens is 1. The van der Waals surface area contributed by atoms with Gasteiger partial charge in [-0.1, -0.05) is 30.3 Å². The second-order valence-corrected chi connectivity index (χ2v) is 8.33. The third-order valence-corrected chi connectivity index (χ3v) is 5.85. The first-order valence-electron chi connectivity index (χ1n) is 8.34. The van der Waals surface area contributed by atoms with E-state index in [1.54, 1.807) is 12.1 Å². The maximum atomic E-state index is 12.2. The van der Waals surface area contributed by atoms with E-state index in [0.717, 1.165) is 29.8 Å². The van der Waals surface area contributed by atoms with Gasteiger partial charge in [-0.05, 0) is 12.0 Å². The minimum atomic E-state index is -3.18. The summed E-state index contributed by atoms with van der Waals surface area (Å²) in [6, 6.07) is 9.10. The molecule has 0 saturated heterocycles. The number of carbonyl (C=O) groups excluding carboxylic acids is 1. The topological polar surface area (TPSA) is 104 Å². The van der Waals surface area contributed by atoms with Gasteiger partial charge in [-0.25, -0.2) is 8.42 Å². The van der Waals surface area contributed by atoms with Crippen molar-refractivity contribution in [2.45, 2.75) is 25.1 Å². The molecule has 7 nitrogen and oxygen atoms in total. The number of carbonyl (C=O) groups is 1. The monoisotopic (exact) mass is 398 g/mol. The molecule has 1 amide bonds. The van der Waals surface area contributed by atoms with Crippen LogP contribution in [0.4, 0.5) is 0 Å². The number of sulfone groups is 1. The highest BCUT2D eigenvalue weighted by molar-refractivity contribution is 7.90. The van der Waals surface area contributed by atoms with Crippen LogP contribution in [0.2, 0.25) is 0 Å². The smallest absolute Gasteiger partial charge is 0.272 e. The summed E-state index contributed by atoms with van der Waals surface area (Å²) in [4.78, 5) is 12.2. The lowest BCUT2D eigenvalue weighted by molar-refractivity contribution is 0.0947. The minimum absolute atomic E-state index is 0. The summed E-state index contributed by atoms with van der Waals surface area (Å²) in [7, 11) is -3.18. The van der Waals surface area contributed by atoms with Crippen molar-refractivity contribution in [3.8, 4) is 0 Å². The summed E-state index contributed by atoms with van der Waals surface area (Å²) in [5.41, 5.74) is 3.08. The van der Waals surface area contributed by atoms with Crippen molar-refractivity contribution < 1.29 is 13.2 Å². The Bertz CT molecular complexity index is 837. The van der Waals surface area contributed by atoms with Crippen LogP contribution in [0.3, 0.4) is 0 Å². The Kier molecular flexibility index (Phi) is 7.19. The predicted molar refractivity (Wildman–Crippen MR) is 102 cm³/mol. The molecule has 1 aliphatic rings. The molecule has 0 unspecified atom stereocenters. The summed E-state index contributed by atoms with van der Waals surface area (Å²) in [6.07, 6.45) is 1.21. The summed E-state index contributed by atoms with van der Waals surface area (Å²) < 4.78 is 24.3. The van der Waals surface area contributed by atoms with Gasteiger partial charge in [-0.3, -0.25) is 9.89 Å². The summed E-state index contributed by atoms with van der Waals surface area (Å²) >= 11 is 0. The Morgan fingerprint density at radius 3 is 2.77 bits per heavy atom. The maximum absolute atomic E-state index is 12.2. The van der Waals surface area contributed by atoms with Crippen LogP contribution >= 0.6 is 12.4 Å². The molecule has 0 fully saturated rings. The zero-order valence-electron chi connectivity index (χ0n) is 14.3. The lowest BCUT2D eigenvalue weighted by atomic mass is 10.1. The lowest BCUT2D eigenvalue weighted by Gasteiger charge is -2.12. The predicted octanol–water partition coefficient (Wildman–Crippen LogP) is 1.21. The molecule has 0 aliphatic carbocycles. The zero-order valence-corrected chi connectivity index (χ0v) is 16.0. The zero-order chi connectivity index (χ0) is 17.7. The number of benzene rings is 1. The van der Waals surface area contributed by atoms with Gasteiger partial charge >= 0.3 is 0 Å². The normalized spacial score (nSPS) is 13.5. The van der Waals surface area contributed by atoms with E-state index in [1.165, 1.54) is 0 Å². The lowest BCUT2D eigenvalue weighted by Crippen LogP contribution is -2.29. The molecule has 0 saturated carbocycles.